The molecule has 0 saturated heterocycles. The standard InChI is InChI=1S/C11H15N3O4S/c1-8(7-19-3)12(2)10-5-4-9(13(15)16)6-11(10)14(17)18/h4-6,8H,7H2,1-3H3. The van der Waals surface area contributed by atoms with Gasteiger partial charge in [-0.25, -0.2) is 0 Å². The van der Waals surface area contributed by atoms with E-state index in [0.29, 0.717) is 5.69 Å². The van der Waals surface area contributed by atoms with Crippen molar-refractivity contribution in [3.8, 4) is 0 Å². The molecule has 0 saturated carbocycles. The first-order valence-corrected chi connectivity index (χ1v) is 6.92. The Balaban J connectivity index is 3.20. The summed E-state index contributed by atoms with van der Waals surface area (Å²) in [5.41, 5.74) is -0.136. The van der Waals surface area contributed by atoms with Gasteiger partial charge in [-0.05, 0) is 19.2 Å². The summed E-state index contributed by atoms with van der Waals surface area (Å²) in [6.45, 7) is 1.95. The molecule has 1 unspecified atom stereocenters. The molecule has 8 heteroatoms. The van der Waals surface area contributed by atoms with Gasteiger partial charge in [0.05, 0.1) is 15.9 Å². The average molecular weight is 285 g/mol. The molecular weight excluding hydrogens is 270 g/mol. The summed E-state index contributed by atoms with van der Waals surface area (Å²) in [6, 6.07) is 3.80. The van der Waals surface area contributed by atoms with Crippen molar-refractivity contribution in [2.24, 2.45) is 0 Å². The Morgan fingerprint density at radius 1 is 1.32 bits per heavy atom. The zero-order chi connectivity index (χ0) is 14.6. The summed E-state index contributed by atoms with van der Waals surface area (Å²) < 4.78 is 0. The lowest BCUT2D eigenvalue weighted by Gasteiger charge is -2.25. The molecule has 1 rings (SSSR count). The number of nitro groups is 2. The van der Waals surface area contributed by atoms with E-state index in [4.69, 9.17) is 0 Å². The van der Waals surface area contributed by atoms with Crippen molar-refractivity contribution in [3.05, 3.63) is 38.4 Å². The van der Waals surface area contributed by atoms with Crippen molar-refractivity contribution in [2.45, 2.75) is 13.0 Å². The summed E-state index contributed by atoms with van der Waals surface area (Å²) in [7, 11) is 1.75. The second-order valence-electron chi connectivity index (χ2n) is 4.10. The fourth-order valence-electron chi connectivity index (χ4n) is 1.66. The van der Waals surface area contributed by atoms with E-state index in [0.717, 1.165) is 11.8 Å². The SMILES string of the molecule is CSCC(C)N(C)c1ccc([N+](=O)[O-])cc1[N+](=O)[O-]. The molecule has 0 bridgehead atoms. The summed E-state index contributed by atoms with van der Waals surface area (Å²) in [5.74, 6) is 0.810. The molecule has 19 heavy (non-hydrogen) atoms. The Morgan fingerprint density at radius 3 is 2.42 bits per heavy atom. The van der Waals surface area contributed by atoms with Gasteiger partial charge in [0, 0.05) is 24.9 Å². The van der Waals surface area contributed by atoms with Crippen LogP contribution in [0.25, 0.3) is 0 Å². The van der Waals surface area contributed by atoms with Crippen LogP contribution in [0, 0.1) is 20.2 Å². The second kappa shape index (κ2) is 6.37. The number of non-ortho nitro benzene ring substituents is 1. The van der Waals surface area contributed by atoms with Crippen LogP contribution in [0.1, 0.15) is 6.92 Å². The lowest BCUT2D eigenvalue weighted by atomic mass is 10.2. The number of hydrogen-bond acceptors (Lipinski definition) is 6. The number of nitro benzene ring substituents is 2. The van der Waals surface area contributed by atoms with Gasteiger partial charge in [-0.3, -0.25) is 20.2 Å². The van der Waals surface area contributed by atoms with E-state index in [-0.39, 0.29) is 17.4 Å². The Labute approximate surface area is 114 Å². The summed E-state index contributed by atoms with van der Waals surface area (Å²) in [6.07, 6.45) is 1.95. The van der Waals surface area contributed by atoms with Crippen LogP contribution >= 0.6 is 11.8 Å². The molecule has 0 radical (unpaired) electrons. The van der Waals surface area contributed by atoms with Gasteiger partial charge < -0.3 is 4.90 Å². The third kappa shape index (κ3) is 3.57. The number of nitrogens with zero attached hydrogens (tertiary/aromatic N) is 3. The molecule has 0 aliphatic heterocycles. The molecule has 0 N–H and O–H groups in total. The van der Waals surface area contributed by atoms with Gasteiger partial charge in [0.15, 0.2) is 0 Å². The van der Waals surface area contributed by atoms with Gasteiger partial charge in [0.2, 0.25) is 0 Å². The molecule has 0 aromatic heterocycles. The molecule has 0 spiro atoms. The highest BCUT2D eigenvalue weighted by Gasteiger charge is 2.23. The minimum Gasteiger partial charge on any atom is -0.366 e. The van der Waals surface area contributed by atoms with Gasteiger partial charge in [-0.1, -0.05) is 0 Å². The number of thioether (sulfide) groups is 1. The van der Waals surface area contributed by atoms with Crippen molar-refractivity contribution in [2.75, 3.05) is 24.0 Å². The van der Waals surface area contributed by atoms with E-state index in [1.165, 1.54) is 12.1 Å². The number of hydrogen-bond donors (Lipinski definition) is 0. The van der Waals surface area contributed by atoms with Gasteiger partial charge >= 0.3 is 0 Å². The van der Waals surface area contributed by atoms with Crippen LogP contribution < -0.4 is 4.90 Å². The quantitative estimate of drug-likeness (QED) is 0.589. The predicted molar refractivity (Wildman–Crippen MR) is 76.0 cm³/mol. The second-order valence-corrected chi connectivity index (χ2v) is 5.01. The van der Waals surface area contributed by atoms with Crippen molar-refractivity contribution < 1.29 is 9.85 Å². The lowest BCUT2D eigenvalue weighted by Crippen LogP contribution is -2.31. The monoisotopic (exact) mass is 285 g/mol. The number of benzene rings is 1. The van der Waals surface area contributed by atoms with Crippen LogP contribution in [0.15, 0.2) is 18.2 Å². The van der Waals surface area contributed by atoms with Gasteiger partial charge in [0.25, 0.3) is 11.4 Å². The first kappa shape index (κ1) is 15.2. The molecule has 0 amide bonds. The smallest absolute Gasteiger partial charge is 0.299 e. The third-order valence-corrected chi connectivity index (χ3v) is 3.63. The summed E-state index contributed by atoms with van der Waals surface area (Å²) >= 11 is 1.64. The van der Waals surface area contributed by atoms with Crippen LogP contribution in [0.5, 0.6) is 0 Å². The van der Waals surface area contributed by atoms with Gasteiger partial charge in [-0.15, -0.1) is 0 Å². The molecule has 104 valence electrons. The maximum absolute atomic E-state index is 11.0. The fraction of sp³-hybridized carbons (Fsp3) is 0.455. The van der Waals surface area contributed by atoms with Crippen molar-refractivity contribution in [1.29, 1.82) is 0 Å². The highest BCUT2D eigenvalue weighted by atomic mass is 32.2. The lowest BCUT2D eigenvalue weighted by molar-refractivity contribution is -0.393. The fourth-order valence-corrected chi connectivity index (χ4v) is 2.37. The number of rotatable bonds is 6. The largest absolute Gasteiger partial charge is 0.366 e. The van der Waals surface area contributed by atoms with E-state index in [1.807, 2.05) is 13.2 Å². The molecule has 0 aliphatic carbocycles. The molecule has 1 aromatic carbocycles. The van der Waals surface area contributed by atoms with Crippen molar-refractivity contribution in [3.63, 3.8) is 0 Å². The first-order valence-electron chi connectivity index (χ1n) is 5.53. The van der Waals surface area contributed by atoms with Crippen LogP contribution in [-0.2, 0) is 0 Å². The first-order chi connectivity index (χ1) is 8.88. The Morgan fingerprint density at radius 2 is 1.95 bits per heavy atom. The van der Waals surface area contributed by atoms with E-state index in [1.54, 1.807) is 23.7 Å². The molecule has 7 nitrogen and oxygen atoms in total. The zero-order valence-corrected chi connectivity index (χ0v) is 11.7. The topological polar surface area (TPSA) is 89.5 Å². The molecule has 0 fully saturated rings. The van der Waals surface area contributed by atoms with Crippen LogP contribution in [0.3, 0.4) is 0 Å². The van der Waals surface area contributed by atoms with E-state index in [9.17, 15) is 20.2 Å². The molecule has 0 heterocycles. The van der Waals surface area contributed by atoms with E-state index >= 15 is 0 Å². The third-order valence-electron chi connectivity index (χ3n) is 2.82. The van der Waals surface area contributed by atoms with Crippen molar-refractivity contribution in [1.82, 2.24) is 0 Å². The minimum absolute atomic E-state index is 0.0927. The molecular formula is C11H15N3O4S. The Kier molecular flexibility index (Phi) is 5.11. The van der Waals surface area contributed by atoms with Crippen LogP contribution in [0.4, 0.5) is 17.1 Å². The highest BCUT2D eigenvalue weighted by Crippen LogP contribution is 2.32. The highest BCUT2D eigenvalue weighted by molar-refractivity contribution is 7.98. The van der Waals surface area contributed by atoms with Gasteiger partial charge in [-0.2, -0.15) is 11.8 Å². The summed E-state index contributed by atoms with van der Waals surface area (Å²) in [5, 5.41) is 21.7. The predicted octanol–water partition coefficient (Wildman–Crippen LogP) is 2.69. The van der Waals surface area contributed by atoms with E-state index in [2.05, 4.69) is 0 Å². The maximum atomic E-state index is 11.0. The maximum Gasteiger partial charge on any atom is 0.299 e. The summed E-state index contributed by atoms with van der Waals surface area (Å²) in [4.78, 5) is 22.2. The molecule has 0 aliphatic rings. The molecule has 1 atom stereocenters. The van der Waals surface area contributed by atoms with Crippen molar-refractivity contribution >= 4 is 28.8 Å². The minimum atomic E-state index is -0.637. The van der Waals surface area contributed by atoms with Crippen LogP contribution in [0.2, 0.25) is 0 Å². The van der Waals surface area contributed by atoms with Crippen LogP contribution in [-0.4, -0.2) is 34.9 Å². The average Bonchev–Trinajstić information content (AvgIpc) is 2.37. The van der Waals surface area contributed by atoms with E-state index < -0.39 is 9.85 Å². The zero-order valence-electron chi connectivity index (χ0n) is 10.9. The Hall–Kier alpha value is -1.83. The number of anilines is 1. The van der Waals surface area contributed by atoms with Gasteiger partial charge in [0.1, 0.15) is 5.69 Å². The Bertz CT molecular complexity index is 495. The molecule has 1 aromatic rings. The normalized spacial score (nSPS) is 11.9.